The molecule has 0 saturated heterocycles. The summed E-state index contributed by atoms with van der Waals surface area (Å²) in [5, 5.41) is 14.7. The van der Waals surface area contributed by atoms with Crippen LogP contribution in [0.2, 0.25) is 5.02 Å². The molecule has 1 N–H and O–H groups in total. The zero-order chi connectivity index (χ0) is 35.7. The number of amides is 2. The first-order valence-corrected chi connectivity index (χ1v) is 17.1. The molecule has 0 bridgehead atoms. The number of anilines is 1. The van der Waals surface area contributed by atoms with Crippen molar-refractivity contribution >= 4 is 44.8 Å². The number of nitrogens with zero attached hydrogens (tertiary/aromatic N) is 3. The van der Waals surface area contributed by atoms with Crippen LogP contribution in [0, 0.1) is 17.0 Å². The number of methoxy groups -OCH3 is 2. The van der Waals surface area contributed by atoms with Crippen molar-refractivity contribution in [3.63, 3.8) is 0 Å². The lowest BCUT2D eigenvalue weighted by molar-refractivity contribution is -0.385. The molecule has 2 amide bonds. The van der Waals surface area contributed by atoms with Gasteiger partial charge in [-0.2, -0.15) is 0 Å². The quantitative estimate of drug-likeness (QED) is 0.125. The maximum atomic E-state index is 14.6. The van der Waals surface area contributed by atoms with Crippen LogP contribution in [0.3, 0.4) is 0 Å². The van der Waals surface area contributed by atoms with Crippen molar-refractivity contribution in [1.29, 1.82) is 0 Å². The predicted octanol–water partition coefficient (Wildman–Crippen LogP) is 5.55. The molecule has 0 spiro atoms. The normalized spacial score (nSPS) is 11.7. The van der Waals surface area contributed by atoms with Gasteiger partial charge in [0.25, 0.3) is 15.7 Å². The van der Waals surface area contributed by atoms with Gasteiger partial charge in [-0.1, -0.05) is 60.1 Å². The predicted molar refractivity (Wildman–Crippen MR) is 187 cm³/mol. The van der Waals surface area contributed by atoms with Gasteiger partial charge in [0.15, 0.2) is 0 Å². The Labute approximate surface area is 290 Å². The van der Waals surface area contributed by atoms with Crippen LogP contribution in [0.1, 0.15) is 23.6 Å². The van der Waals surface area contributed by atoms with Crippen molar-refractivity contribution in [2.45, 2.75) is 37.8 Å². The second-order valence-corrected chi connectivity index (χ2v) is 13.3. The van der Waals surface area contributed by atoms with E-state index in [1.54, 1.807) is 31.2 Å². The Morgan fingerprint density at radius 3 is 2.31 bits per heavy atom. The van der Waals surface area contributed by atoms with E-state index in [0.717, 1.165) is 15.9 Å². The Bertz CT molecular complexity index is 1920. The average Bonchev–Trinajstić information content (AvgIpc) is 3.09. The molecular weight excluding hydrogens is 672 g/mol. The summed E-state index contributed by atoms with van der Waals surface area (Å²) in [4.78, 5) is 40.3. The number of hydrogen-bond donors (Lipinski definition) is 1. The molecule has 258 valence electrons. The zero-order valence-corrected chi connectivity index (χ0v) is 29.0. The van der Waals surface area contributed by atoms with E-state index in [9.17, 15) is 28.1 Å². The van der Waals surface area contributed by atoms with Crippen LogP contribution in [-0.2, 0) is 32.6 Å². The highest BCUT2D eigenvalue weighted by molar-refractivity contribution is 7.92. The Morgan fingerprint density at radius 2 is 1.65 bits per heavy atom. The third kappa shape index (κ3) is 8.86. The van der Waals surface area contributed by atoms with Gasteiger partial charge in [-0.05, 0) is 61.4 Å². The minimum atomic E-state index is -4.68. The summed E-state index contributed by atoms with van der Waals surface area (Å²) < 4.78 is 40.5. The number of nitrogens with one attached hydrogen (secondary N) is 1. The average molecular weight is 709 g/mol. The lowest BCUT2D eigenvalue weighted by atomic mass is 10.0. The van der Waals surface area contributed by atoms with Crippen molar-refractivity contribution in [2.75, 3.05) is 31.6 Å². The Balaban J connectivity index is 1.89. The standard InChI is InChI=1S/C35H37ClN4O8S/c1-5-37-35(42)32(19-25-10-7-6-8-11-25)38(22-26-12-9-13-28(18-26)47-3)34(41)23-39(31-20-27(36)15-17-33(31)48-4)49(45,46)29-16-14-24(2)30(21-29)40(43)44/h6-18,20-21,32H,5,19,22-23H2,1-4H3,(H,37,42). The summed E-state index contributed by atoms with van der Waals surface area (Å²) in [6.07, 6.45) is 0.125. The second-order valence-electron chi connectivity index (χ2n) is 11.0. The summed E-state index contributed by atoms with van der Waals surface area (Å²) in [5.41, 5.74) is 1.16. The SMILES string of the molecule is CCNC(=O)C(Cc1ccccc1)N(Cc1cccc(OC)c1)C(=O)CN(c1cc(Cl)ccc1OC)S(=O)(=O)c1ccc(C)c([N+](=O)[O-])c1. The number of ether oxygens (including phenoxy) is 2. The molecule has 49 heavy (non-hydrogen) atoms. The Morgan fingerprint density at radius 1 is 0.939 bits per heavy atom. The molecular formula is C35H37ClN4O8S. The molecule has 0 radical (unpaired) electrons. The maximum absolute atomic E-state index is 14.6. The fraction of sp³-hybridized carbons (Fsp3) is 0.257. The summed E-state index contributed by atoms with van der Waals surface area (Å²) >= 11 is 6.33. The number of benzene rings is 4. The summed E-state index contributed by atoms with van der Waals surface area (Å²) in [5.74, 6) is -0.573. The summed E-state index contributed by atoms with van der Waals surface area (Å²) in [7, 11) is -1.85. The highest BCUT2D eigenvalue weighted by Gasteiger charge is 2.36. The molecule has 4 aromatic rings. The van der Waals surface area contributed by atoms with Crippen LogP contribution in [0.25, 0.3) is 0 Å². The van der Waals surface area contributed by atoms with Gasteiger partial charge in [0.05, 0.1) is 29.7 Å². The number of hydrogen-bond acceptors (Lipinski definition) is 8. The van der Waals surface area contributed by atoms with Gasteiger partial charge in [0, 0.05) is 36.2 Å². The van der Waals surface area contributed by atoms with E-state index in [1.807, 2.05) is 30.3 Å². The summed E-state index contributed by atoms with van der Waals surface area (Å²) in [6, 6.07) is 22.8. The molecule has 0 saturated carbocycles. The van der Waals surface area contributed by atoms with Crippen LogP contribution in [0.5, 0.6) is 11.5 Å². The van der Waals surface area contributed by atoms with Crippen molar-refractivity contribution in [3.8, 4) is 11.5 Å². The lowest BCUT2D eigenvalue weighted by Gasteiger charge is -2.34. The van der Waals surface area contributed by atoms with E-state index in [0.29, 0.717) is 11.3 Å². The number of sulfonamides is 1. The van der Waals surface area contributed by atoms with Crippen LogP contribution >= 0.6 is 11.6 Å². The van der Waals surface area contributed by atoms with Crippen LogP contribution in [0.15, 0.2) is 95.9 Å². The van der Waals surface area contributed by atoms with E-state index in [2.05, 4.69) is 5.32 Å². The molecule has 0 aromatic heterocycles. The minimum absolute atomic E-state index is 0.0753. The number of rotatable bonds is 15. The van der Waals surface area contributed by atoms with Gasteiger partial charge < -0.3 is 19.7 Å². The molecule has 0 aliphatic heterocycles. The molecule has 1 atom stereocenters. The minimum Gasteiger partial charge on any atom is -0.497 e. The van der Waals surface area contributed by atoms with Crippen molar-refractivity contribution in [3.05, 3.63) is 123 Å². The molecule has 0 heterocycles. The van der Waals surface area contributed by atoms with E-state index in [-0.39, 0.29) is 41.5 Å². The van der Waals surface area contributed by atoms with E-state index < -0.39 is 49.9 Å². The Hall–Kier alpha value is -5.14. The highest BCUT2D eigenvalue weighted by atomic mass is 35.5. The van der Waals surface area contributed by atoms with E-state index in [1.165, 1.54) is 56.4 Å². The van der Waals surface area contributed by atoms with E-state index in [4.69, 9.17) is 21.1 Å². The fourth-order valence-corrected chi connectivity index (χ4v) is 6.86. The first-order valence-electron chi connectivity index (χ1n) is 15.2. The Kier molecular flexibility index (Phi) is 12.2. The molecule has 4 aromatic carbocycles. The number of aryl methyl sites for hydroxylation is 1. The number of carbonyl (C=O) groups is 2. The molecule has 12 nitrogen and oxygen atoms in total. The second kappa shape index (κ2) is 16.3. The van der Waals surface area contributed by atoms with Gasteiger partial charge in [-0.15, -0.1) is 0 Å². The number of likely N-dealkylation sites (N-methyl/N-ethyl adjacent to an activating group) is 1. The number of nitro benzene ring substituents is 1. The van der Waals surface area contributed by atoms with Gasteiger partial charge in [0.2, 0.25) is 11.8 Å². The topological polar surface area (TPSA) is 148 Å². The molecule has 0 fully saturated rings. The first kappa shape index (κ1) is 36.7. The number of halogens is 1. The fourth-order valence-electron chi connectivity index (χ4n) is 5.26. The monoisotopic (exact) mass is 708 g/mol. The van der Waals surface area contributed by atoms with Gasteiger partial charge in [-0.25, -0.2) is 8.42 Å². The molecule has 0 aliphatic rings. The third-order valence-electron chi connectivity index (χ3n) is 7.76. The largest absolute Gasteiger partial charge is 0.497 e. The van der Waals surface area contributed by atoms with Crippen molar-refractivity contribution in [1.82, 2.24) is 10.2 Å². The molecule has 0 aliphatic carbocycles. The lowest BCUT2D eigenvalue weighted by Crippen LogP contribution is -2.53. The van der Waals surface area contributed by atoms with Crippen LogP contribution in [-0.4, -0.2) is 63.4 Å². The first-order chi connectivity index (χ1) is 23.4. The molecule has 4 rings (SSSR count). The molecule has 1 unspecified atom stereocenters. The highest BCUT2D eigenvalue weighted by Crippen LogP contribution is 2.36. The van der Waals surface area contributed by atoms with Gasteiger partial charge >= 0.3 is 0 Å². The third-order valence-corrected chi connectivity index (χ3v) is 9.75. The van der Waals surface area contributed by atoms with Crippen molar-refractivity contribution in [2.24, 2.45) is 0 Å². The smallest absolute Gasteiger partial charge is 0.273 e. The summed E-state index contributed by atoms with van der Waals surface area (Å²) in [6.45, 7) is 2.64. The van der Waals surface area contributed by atoms with Gasteiger partial charge in [-0.3, -0.25) is 24.0 Å². The number of nitro groups is 1. The van der Waals surface area contributed by atoms with Crippen LogP contribution in [0.4, 0.5) is 11.4 Å². The zero-order valence-electron chi connectivity index (χ0n) is 27.5. The number of carbonyl (C=O) groups excluding carboxylic acids is 2. The van der Waals surface area contributed by atoms with Crippen molar-refractivity contribution < 1.29 is 32.4 Å². The maximum Gasteiger partial charge on any atom is 0.273 e. The van der Waals surface area contributed by atoms with Crippen LogP contribution < -0.4 is 19.1 Å². The van der Waals surface area contributed by atoms with Gasteiger partial charge in [0.1, 0.15) is 24.1 Å². The van der Waals surface area contributed by atoms with E-state index >= 15 is 0 Å². The molecule has 14 heteroatoms.